The van der Waals surface area contributed by atoms with Gasteiger partial charge in [0.2, 0.25) is 0 Å². The maximum Gasteiger partial charge on any atom is 0.0345 e. The van der Waals surface area contributed by atoms with Crippen molar-refractivity contribution >= 4 is 5.71 Å². The summed E-state index contributed by atoms with van der Waals surface area (Å²) in [6, 6.07) is 0. The molecule has 0 atom stereocenters. The molecule has 11 heavy (non-hydrogen) atoms. The van der Waals surface area contributed by atoms with E-state index < -0.39 is 0 Å². The smallest absolute Gasteiger partial charge is 0.0345 e. The molecule has 0 heterocycles. The molecule has 1 nitrogen and oxygen atoms in total. The molecule has 0 aromatic heterocycles. The fraction of sp³-hybridized carbons (Fsp3) is 0.500. The number of hydrogen-bond acceptors (Lipinski definition) is 1. The highest BCUT2D eigenvalue weighted by molar-refractivity contribution is 5.98. The summed E-state index contributed by atoms with van der Waals surface area (Å²) in [5.74, 6) is 0. The van der Waals surface area contributed by atoms with Gasteiger partial charge in [0.15, 0.2) is 0 Å². The Morgan fingerprint density at radius 3 is 1.73 bits per heavy atom. The summed E-state index contributed by atoms with van der Waals surface area (Å²) in [5, 5.41) is 0. The molecule has 0 saturated heterocycles. The Balaban J connectivity index is 4.81. The molecule has 0 fully saturated rings. The van der Waals surface area contributed by atoms with Gasteiger partial charge in [-0.15, -0.1) is 0 Å². The quantitative estimate of drug-likeness (QED) is 0.425. The highest BCUT2D eigenvalue weighted by Crippen LogP contribution is 2.12. The third-order valence-corrected chi connectivity index (χ3v) is 2.08. The van der Waals surface area contributed by atoms with E-state index in [1.807, 2.05) is 20.9 Å². The van der Waals surface area contributed by atoms with E-state index in [1.165, 1.54) is 11.1 Å². The molecule has 0 radical (unpaired) electrons. The molecular formula is C10H17N. The lowest BCUT2D eigenvalue weighted by molar-refractivity contribution is 1.28. The Hall–Kier alpha value is -0.850. The molecule has 0 saturated carbocycles. The summed E-state index contributed by atoms with van der Waals surface area (Å²) in [5.41, 5.74) is 4.68. The number of nitrogens with zero attached hydrogens (tertiary/aromatic N) is 1. The van der Waals surface area contributed by atoms with Crippen LogP contribution in [0.4, 0.5) is 0 Å². The summed E-state index contributed by atoms with van der Waals surface area (Å²) in [6.45, 7) is 12.1. The van der Waals surface area contributed by atoms with Gasteiger partial charge in [0, 0.05) is 12.8 Å². The zero-order chi connectivity index (χ0) is 9.02. The van der Waals surface area contributed by atoms with Crippen LogP contribution in [-0.4, -0.2) is 12.8 Å². The molecule has 0 aromatic rings. The molecule has 0 unspecified atom stereocenters. The summed E-state index contributed by atoms with van der Waals surface area (Å²) < 4.78 is 0. The average Bonchev–Trinajstić information content (AvgIpc) is 2.00. The number of rotatable bonds is 2. The Morgan fingerprint density at radius 1 is 1.00 bits per heavy atom. The molecule has 1 heteroatoms. The summed E-state index contributed by atoms with van der Waals surface area (Å²) in [4.78, 5) is 4.11. The molecule has 0 aliphatic carbocycles. The van der Waals surface area contributed by atoms with Crippen LogP contribution in [0.2, 0.25) is 0 Å². The minimum Gasteiger partial charge on any atom is -0.293 e. The lowest BCUT2D eigenvalue weighted by atomic mass is 10.0. The fourth-order valence-corrected chi connectivity index (χ4v) is 0.759. The van der Waals surface area contributed by atoms with Crippen LogP contribution in [0, 0.1) is 0 Å². The van der Waals surface area contributed by atoms with Crippen LogP contribution in [0.25, 0.3) is 0 Å². The van der Waals surface area contributed by atoms with Gasteiger partial charge in [-0.2, -0.15) is 0 Å². The van der Waals surface area contributed by atoms with E-state index in [2.05, 4.69) is 25.4 Å². The summed E-state index contributed by atoms with van der Waals surface area (Å²) in [7, 11) is 1.81. The van der Waals surface area contributed by atoms with E-state index in [0.29, 0.717) is 0 Å². The van der Waals surface area contributed by atoms with Crippen molar-refractivity contribution in [1.82, 2.24) is 0 Å². The second kappa shape index (κ2) is 4.12. The predicted octanol–water partition coefficient (Wildman–Crippen LogP) is 2.99. The van der Waals surface area contributed by atoms with Crippen molar-refractivity contribution < 1.29 is 0 Å². The van der Waals surface area contributed by atoms with E-state index in [1.54, 1.807) is 0 Å². The van der Waals surface area contributed by atoms with Gasteiger partial charge in [-0.3, -0.25) is 4.99 Å². The van der Waals surface area contributed by atoms with E-state index in [9.17, 15) is 0 Å². The first-order chi connectivity index (χ1) is 5.00. The number of hydrogen-bond donors (Lipinski definition) is 0. The maximum atomic E-state index is 4.11. The Labute approximate surface area is 69.5 Å². The zero-order valence-corrected chi connectivity index (χ0v) is 8.15. The molecule has 0 bridgehead atoms. The van der Waals surface area contributed by atoms with Gasteiger partial charge in [0.05, 0.1) is 0 Å². The van der Waals surface area contributed by atoms with Crippen LogP contribution in [0.5, 0.6) is 0 Å². The van der Waals surface area contributed by atoms with Gasteiger partial charge in [0.25, 0.3) is 0 Å². The van der Waals surface area contributed by atoms with Gasteiger partial charge < -0.3 is 0 Å². The van der Waals surface area contributed by atoms with Crippen LogP contribution < -0.4 is 0 Å². The first-order valence-electron chi connectivity index (χ1n) is 3.77. The highest BCUT2D eigenvalue weighted by Gasteiger charge is 1.99. The molecule has 0 spiro atoms. The van der Waals surface area contributed by atoms with Crippen molar-refractivity contribution in [1.29, 1.82) is 0 Å². The van der Waals surface area contributed by atoms with E-state index in [-0.39, 0.29) is 0 Å². The van der Waals surface area contributed by atoms with Crippen molar-refractivity contribution in [2.75, 3.05) is 7.05 Å². The van der Waals surface area contributed by atoms with Gasteiger partial charge in [0.1, 0.15) is 0 Å². The van der Waals surface area contributed by atoms with Crippen molar-refractivity contribution in [2.24, 2.45) is 4.99 Å². The van der Waals surface area contributed by atoms with Gasteiger partial charge >= 0.3 is 0 Å². The second-order valence-corrected chi connectivity index (χ2v) is 2.84. The minimum absolute atomic E-state index is 1.09. The summed E-state index contributed by atoms with van der Waals surface area (Å²) >= 11 is 0. The monoisotopic (exact) mass is 151 g/mol. The minimum atomic E-state index is 1.09. The number of aliphatic imine (C=N–C) groups is 1. The van der Waals surface area contributed by atoms with Crippen molar-refractivity contribution in [3.8, 4) is 0 Å². The van der Waals surface area contributed by atoms with Gasteiger partial charge in [-0.25, -0.2) is 0 Å². The SMILES string of the molecule is C=C(C)/C(C)=C(C)\C(C)=N/C. The van der Waals surface area contributed by atoms with E-state index in [4.69, 9.17) is 0 Å². The topological polar surface area (TPSA) is 12.4 Å². The second-order valence-electron chi connectivity index (χ2n) is 2.84. The standard InChI is InChI=1S/C10H17N/c1-7(2)8(3)9(4)10(5)11-6/h1H2,2-6H3/b9-8-,11-10-. The molecule has 0 aromatic carbocycles. The number of allylic oxidation sites excluding steroid dienone is 3. The molecule has 0 aliphatic rings. The molecular weight excluding hydrogens is 134 g/mol. The van der Waals surface area contributed by atoms with Crippen molar-refractivity contribution in [3.05, 3.63) is 23.3 Å². The van der Waals surface area contributed by atoms with Crippen molar-refractivity contribution in [3.63, 3.8) is 0 Å². The molecule has 62 valence electrons. The van der Waals surface area contributed by atoms with Gasteiger partial charge in [-0.05, 0) is 38.8 Å². The molecule has 0 aliphatic heterocycles. The summed E-state index contributed by atoms with van der Waals surface area (Å²) in [6.07, 6.45) is 0. The lowest BCUT2D eigenvalue weighted by Gasteiger charge is -2.05. The van der Waals surface area contributed by atoms with Gasteiger partial charge in [-0.1, -0.05) is 12.2 Å². The Bertz CT molecular complexity index is 219. The van der Waals surface area contributed by atoms with Crippen LogP contribution >= 0.6 is 0 Å². The molecule has 0 rings (SSSR count). The molecule has 0 amide bonds. The van der Waals surface area contributed by atoms with Crippen LogP contribution in [0.1, 0.15) is 27.7 Å². The maximum absolute atomic E-state index is 4.11. The predicted molar refractivity (Wildman–Crippen MR) is 52.2 cm³/mol. The third-order valence-electron chi connectivity index (χ3n) is 2.08. The van der Waals surface area contributed by atoms with Crippen LogP contribution in [0.15, 0.2) is 28.3 Å². The van der Waals surface area contributed by atoms with Crippen LogP contribution in [-0.2, 0) is 0 Å². The Kier molecular flexibility index (Phi) is 3.80. The highest BCUT2D eigenvalue weighted by atomic mass is 14.7. The third kappa shape index (κ3) is 2.71. The van der Waals surface area contributed by atoms with E-state index >= 15 is 0 Å². The first-order valence-corrected chi connectivity index (χ1v) is 3.77. The average molecular weight is 151 g/mol. The first kappa shape index (κ1) is 10.2. The van der Waals surface area contributed by atoms with E-state index in [0.717, 1.165) is 11.3 Å². The normalized spacial score (nSPS) is 14.5. The lowest BCUT2D eigenvalue weighted by Crippen LogP contribution is -1.96. The largest absolute Gasteiger partial charge is 0.293 e. The molecule has 0 N–H and O–H groups in total. The Morgan fingerprint density at radius 2 is 1.45 bits per heavy atom. The van der Waals surface area contributed by atoms with Crippen LogP contribution in [0.3, 0.4) is 0 Å². The zero-order valence-electron chi connectivity index (χ0n) is 8.15. The van der Waals surface area contributed by atoms with Crippen molar-refractivity contribution in [2.45, 2.75) is 27.7 Å². The fourth-order valence-electron chi connectivity index (χ4n) is 0.759.